The molecule has 0 aromatic carbocycles. The van der Waals surface area contributed by atoms with Crippen molar-refractivity contribution in [2.75, 3.05) is 26.2 Å². The molecule has 2 aliphatic heterocycles. The summed E-state index contributed by atoms with van der Waals surface area (Å²) in [6, 6.07) is 1.72. The van der Waals surface area contributed by atoms with Crippen molar-refractivity contribution < 1.29 is 19.2 Å². The van der Waals surface area contributed by atoms with E-state index < -0.39 is 11.4 Å². The van der Waals surface area contributed by atoms with Gasteiger partial charge in [0.1, 0.15) is 5.41 Å². The lowest BCUT2D eigenvalue weighted by Crippen LogP contribution is -2.41. The van der Waals surface area contributed by atoms with Crippen molar-refractivity contribution in [3.63, 3.8) is 0 Å². The summed E-state index contributed by atoms with van der Waals surface area (Å²) in [6.45, 7) is 5.22. The standard InChI is InChI=1S/C16H18N4O4/c1-8-3-11(12-9(2)19-24-13(12)18-8)14(21)20-5-10-4-17-6-16(10,7-20)15(22)23/h3,10,17H,4-7H2,1-2H3,(H,22,23)/t10-,16-/m1/s1. The molecule has 126 valence electrons. The van der Waals surface area contributed by atoms with E-state index in [0.717, 1.165) is 0 Å². The molecule has 4 heterocycles. The minimum atomic E-state index is -0.888. The maximum absolute atomic E-state index is 13.1. The Bertz CT molecular complexity index is 861. The van der Waals surface area contributed by atoms with E-state index in [4.69, 9.17) is 4.52 Å². The molecule has 0 saturated carbocycles. The van der Waals surface area contributed by atoms with Crippen LogP contribution in [0.4, 0.5) is 0 Å². The fourth-order valence-electron chi connectivity index (χ4n) is 3.93. The van der Waals surface area contributed by atoms with Crippen LogP contribution in [0.25, 0.3) is 11.1 Å². The molecule has 0 unspecified atom stereocenters. The van der Waals surface area contributed by atoms with Crippen molar-refractivity contribution >= 4 is 23.0 Å². The van der Waals surface area contributed by atoms with E-state index in [1.807, 2.05) is 0 Å². The first-order valence-corrected chi connectivity index (χ1v) is 7.89. The Balaban J connectivity index is 1.73. The van der Waals surface area contributed by atoms with E-state index >= 15 is 0 Å². The summed E-state index contributed by atoms with van der Waals surface area (Å²) in [4.78, 5) is 30.8. The molecule has 2 atom stereocenters. The maximum Gasteiger partial charge on any atom is 0.313 e. The topological polar surface area (TPSA) is 109 Å². The average Bonchev–Trinajstić information content (AvgIpc) is 3.18. The number of pyridine rings is 1. The molecule has 0 spiro atoms. The predicted octanol–water partition coefficient (Wildman–Crippen LogP) is 0.586. The summed E-state index contributed by atoms with van der Waals surface area (Å²) in [5.74, 6) is -1.10. The largest absolute Gasteiger partial charge is 0.481 e. The van der Waals surface area contributed by atoms with Crippen LogP contribution in [-0.2, 0) is 4.79 Å². The molecule has 1 amide bonds. The van der Waals surface area contributed by atoms with Crippen molar-refractivity contribution in [1.29, 1.82) is 0 Å². The first kappa shape index (κ1) is 15.1. The van der Waals surface area contributed by atoms with Gasteiger partial charge in [0.25, 0.3) is 11.6 Å². The lowest BCUT2D eigenvalue weighted by molar-refractivity contribution is -0.148. The van der Waals surface area contributed by atoms with E-state index in [9.17, 15) is 14.7 Å². The predicted molar refractivity (Wildman–Crippen MR) is 83.6 cm³/mol. The lowest BCUT2D eigenvalue weighted by atomic mass is 9.81. The monoisotopic (exact) mass is 330 g/mol. The fraction of sp³-hybridized carbons (Fsp3) is 0.500. The number of carbonyl (C=O) groups is 2. The first-order valence-electron chi connectivity index (χ1n) is 7.89. The number of nitrogens with zero attached hydrogens (tertiary/aromatic N) is 3. The molecule has 0 aliphatic carbocycles. The molecule has 2 aromatic heterocycles. The molecule has 8 nitrogen and oxygen atoms in total. The normalized spacial score (nSPS) is 26.1. The van der Waals surface area contributed by atoms with Crippen LogP contribution in [0.5, 0.6) is 0 Å². The number of hydrogen-bond donors (Lipinski definition) is 2. The third-order valence-corrected chi connectivity index (χ3v) is 5.22. The number of fused-ring (bicyclic) bond motifs is 2. The number of aliphatic carboxylic acids is 1. The number of carboxylic acid groups (broad SMARTS) is 1. The van der Waals surface area contributed by atoms with Crippen LogP contribution in [-0.4, -0.2) is 58.2 Å². The highest BCUT2D eigenvalue weighted by Crippen LogP contribution is 2.40. The molecule has 0 radical (unpaired) electrons. The smallest absolute Gasteiger partial charge is 0.313 e. The summed E-state index contributed by atoms with van der Waals surface area (Å²) >= 11 is 0. The SMILES string of the molecule is Cc1cc(C(=O)N2C[C@H]3CNC[C@@]3(C(=O)O)C2)c2c(C)noc2n1. The molecular weight excluding hydrogens is 312 g/mol. The second-order valence-electron chi connectivity index (χ2n) is 6.73. The summed E-state index contributed by atoms with van der Waals surface area (Å²) in [7, 11) is 0. The van der Waals surface area contributed by atoms with Crippen LogP contribution in [0.15, 0.2) is 10.6 Å². The van der Waals surface area contributed by atoms with Crippen LogP contribution in [0.3, 0.4) is 0 Å². The average molecular weight is 330 g/mol. The Hall–Kier alpha value is -2.48. The molecule has 2 N–H and O–H groups in total. The van der Waals surface area contributed by atoms with Crippen LogP contribution >= 0.6 is 0 Å². The van der Waals surface area contributed by atoms with E-state index in [1.165, 1.54) is 0 Å². The van der Waals surface area contributed by atoms with Gasteiger partial charge >= 0.3 is 5.97 Å². The molecule has 0 bridgehead atoms. The summed E-state index contributed by atoms with van der Waals surface area (Å²) < 4.78 is 5.18. The number of nitrogens with one attached hydrogen (secondary N) is 1. The van der Waals surface area contributed by atoms with Crippen LogP contribution in [0.2, 0.25) is 0 Å². The minimum absolute atomic E-state index is 0.0686. The van der Waals surface area contributed by atoms with Crippen molar-refractivity contribution in [1.82, 2.24) is 20.4 Å². The van der Waals surface area contributed by atoms with Gasteiger partial charge in [-0.15, -0.1) is 0 Å². The third-order valence-electron chi connectivity index (χ3n) is 5.22. The quantitative estimate of drug-likeness (QED) is 0.829. The Morgan fingerprint density at radius 1 is 1.46 bits per heavy atom. The van der Waals surface area contributed by atoms with Gasteiger partial charge in [-0.05, 0) is 19.9 Å². The highest BCUT2D eigenvalue weighted by molar-refractivity contribution is 6.06. The number of carboxylic acids is 1. The summed E-state index contributed by atoms with van der Waals surface area (Å²) in [5.41, 5.74) is 1.20. The van der Waals surface area contributed by atoms with Crippen molar-refractivity contribution in [2.24, 2.45) is 11.3 Å². The zero-order chi connectivity index (χ0) is 17.1. The highest BCUT2D eigenvalue weighted by Gasteiger charge is 2.56. The van der Waals surface area contributed by atoms with Gasteiger partial charge in [-0.2, -0.15) is 0 Å². The molecule has 2 saturated heterocycles. The summed E-state index contributed by atoms with van der Waals surface area (Å²) in [5, 5.41) is 17.3. The second-order valence-corrected chi connectivity index (χ2v) is 6.73. The third kappa shape index (κ3) is 1.96. The number of carbonyl (C=O) groups excluding carboxylic acids is 1. The van der Waals surface area contributed by atoms with Gasteiger partial charge in [-0.3, -0.25) is 9.59 Å². The molecule has 4 rings (SSSR count). The second kappa shape index (κ2) is 5.01. The van der Waals surface area contributed by atoms with Crippen LogP contribution in [0, 0.1) is 25.2 Å². The van der Waals surface area contributed by atoms with E-state index in [2.05, 4.69) is 15.5 Å². The van der Waals surface area contributed by atoms with E-state index in [-0.39, 0.29) is 18.4 Å². The molecule has 2 aliphatic rings. The minimum Gasteiger partial charge on any atom is -0.481 e. The highest BCUT2D eigenvalue weighted by atomic mass is 16.5. The van der Waals surface area contributed by atoms with Gasteiger partial charge in [-0.1, -0.05) is 5.16 Å². The lowest BCUT2D eigenvalue weighted by Gasteiger charge is -2.22. The van der Waals surface area contributed by atoms with Crippen LogP contribution < -0.4 is 5.32 Å². The molecule has 2 aromatic rings. The van der Waals surface area contributed by atoms with Gasteiger partial charge in [0.15, 0.2) is 0 Å². The first-order chi connectivity index (χ1) is 11.4. The Kier molecular flexibility index (Phi) is 3.14. The Labute approximate surface area is 137 Å². The summed E-state index contributed by atoms with van der Waals surface area (Å²) in [6.07, 6.45) is 0. The van der Waals surface area contributed by atoms with Gasteiger partial charge in [0.2, 0.25) is 0 Å². The van der Waals surface area contributed by atoms with Crippen LogP contribution in [0.1, 0.15) is 21.7 Å². The number of likely N-dealkylation sites (tertiary alicyclic amines) is 1. The number of aryl methyl sites for hydroxylation is 2. The Morgan fingerprint density at radius 3 is 2.96 bits per heavy atom. The van der Waals surface area contributed by atoms with Gasteiger partial charge in [0, 0.05) is 37.8 Å². The maximum atomic E-state index is 13.1. The van der Waals surface area contributed by atoms with Gasteiger partial charge < -0.3 is 19.8 Å². The van der Waals surface area contributed by atoms with Crippen molar-refractivity contribution in [2.45, 2.75) is 13.8 Å². The van der Waals surface area contributed by atoms with Gasteiger partial charge in [0.05, 0.1) is 16.6 Å². The molecular formula is C16H18N4O4. The van der Waals surface area contributed by atoms with Gasteiger partial charge in [-0.25, -0.2) is 4.98 Å². The number of rotatable bonds is 2. The van der Waals surface area contributed by atoms with E-state index in [0.29, 0.717) is 47.7 Å². The number of hydrogen-bond acceptors (Lipinski definition) is 6. The molecule has 24 heavy (non-hydrogen) atoms. The van der Waals surface area contributed by atoms with Crippen molar-refractivity contribution in [3.05, 3.63) is 23.0 Å². The van der Waals surface area contributed by atoms with E-state index in [1.54, 1.807) is 24.8 Å². The Morgan fingerprint density at radius 2 is 2.25 bits per heavy atom. The molecule has 2 fully saturated rings. The van der Waals surface area contributed by atoms with Crippen molar-refractivity contribution in [3.8, 4) is 0 Å². The zero-order valence-electron chi connectivity index (χ0n) is 13.5. The number of aromatic nitrogens is 2. The molecule has 8 heteroatoms. The number of amides is 1. The zero-order valence-corrected chi connectivity index (χ0v) is 13.5. The fourth-order valence-corrected chi connectivity index (χ4v) is 3.93.